The summed E-state index contributed by atoms with van der Waals surface area (Å²) >= 11 is 3.30. The highest BCUT2D eigenvalue weighted by atomic mass is 79.9. The fourth-order valence-electron chi connectivity index (χ4n) is 2.48. The Kier molecular flexibility index (Phi) is 6.58. The predicted octanol–water partition coefficient (Wildman–Crippen LogP) is 5.38. The zero-order chi connectivity index (χ0) is 21.7. The lowest BCUT2D eigenvalue weighted by atomic mass is 10.1. The monoisotopic (exact) mass is 473 g/mol. The molecule has 3 aromatic carbocycles. The van der Waals surface area contributed by atoms with Crippen LogP contribution >= 0.6 is 15.9 Å². The highest BCUT2D eigenvalue weighted by Gasteiger charge is 2.15. The van der Waals surface area contributed by atoms with Crippen LogP contribution in [-0.2, 0) is 4.79 Å². The number of carbonyl (C=O) groups excluding carboxylic acids is 1. The summed E-state index contributed by atoms with van der Waals surface area (Å²) in [6.45, 7) is 0. The highest BCUT2D eigenvalue weighted by molar-refractivity contribution is 9.10. The number of hydrogen-bond acceptors (Lipinski definition) is 3. The van der Waals surface area contributed by atoms with E-state index >= 15 is 0 Å². The molecule has 2 N–H and O–H groups in total. The lowest BCUT2D eigenvalue weighted by molar-refractivity contribution is -0.132. The van der Waals surface area contributed by atoms with E-state index in [1.165, 1.54) is 24.3 Å². The molecule has 0 saturated heterocycles. The average Bonchev–Trinajstić information content (AvgIpc) is 2.71. The molecule has 3 rings (SSSR count). The van der Waals surface area contributed by atoms with Crippen LogP contribution in [0.2, 0.25) is 0 Å². The van der Waals surface area contributed by atoms with Gasteiger partial charge in [-0.3, -0.25) is 4.79 Å². The molecule has 152 valence electrons. The van der Waals surface area contributed by atoms with Crippen molar-refractivity contribution in [1.82, 2.24) is 5.32 Å². The van der Waals surface area contributed by atoms with E-state index in [0.29, 0.717) is 10.2 Å². The number of ether oxygens (including phenoxy) is 1. The maximum Gasteiger partial charge on any atom is 0.352 e. The Bertz CT molecular complexity index is 1150. The number of aliphatic carboxylic acids is 1. The Balaban J connectivity index is 1.82. The highest BCUT2D eigenvalue weighted by Crippen LogP contribution is 2.31. The van der Waals surface area contributed by atoms with E-state index < -0.39 is 29.2 Å². The summed E-state index contributed by atoms with van der Waals surface area (Å²) in [5.41, 5.74) is -0.363. The molecule has 0 atom stereocenters. The molecule has 0 fully saturated rings. The lowest BCUT2D eigenvalue weighted by Gasteiger charge is -2.10. The van der Waals surface area contributed by atoms with Gasteiger partial charge in [-0.05, 0) is 70.0 Å². The topological polar surface area (TPSA) is 75.6 Å². The van der Waals surface area contributed by atoms with Crippen molar-refractivity contribution < 1.29 is 28.2 Å². The number of carboxylic acids is 1. The number of carboxylic acid groups (broad SMARTS) is 1. The van der Waals surface area contributed by atoms with Crippen molar-refractivity contribution in [3.05, 3.63) is 99.7 Å². The van der Waals surface area contributed by atoms with Crippen LogP contribution in [0.15, 0.2) is 76.9 Å². The van der Waals surface area contributed by atoms with Gasteiger partial charge in [-0.1, -0.05) is 24.3 Å². The summed E-state index contributed by atoms with van der Waals surface area (Å²) < 4.78 is 33.9. The van der Waals surface area contributed by atoms with Crippen molar-refractivity contribution in [2.45, 2.75) is 0 Å². The van der Waals surface area contributed by atoms with Gasteiger partial charge in [-0.2, -0.15) is 0 Å². The van der Waals surface area contributed by atoms with Gasteiger partial charge in [-0.25, -0.2) is 13.6 Å². The van der Waals surface area contributed by atoms with Gasteiger partial charge in [0, 0.05) is 5.56 Å². The zero-order valence-corrected chi connectivity index (χ0v) is 16.8. The van der Waals surface area contributed by atoms with Crippen LogP contribution in [0.3, 0.4) is 0 Å². The second kappa shape index (κ2) is 9.32. The van der Waals surface area contributed by atoms with Crippen LogP contribution in [0.1, 0.15) is 15.9 Å². The van der Waals surface area contributed by atoms with Gasteiger partial charge in [0.15, 0.2) is 11.6 Å². The molecule has 30 heavy (non-hydrogen) atoms. The third-order valence-corrected chi connectivity index (χ3v) is 4.54. The molecule has 1 amide bonds. The van der Waals surface area contributed by atoms with E-state index in [-0.39, 0.29) is 16.9 Å². The number of benzene rings is 3. The van der Waals surface area contributed by atoms with Crippen molar-refractivity contribution in [2.24, 2.45) is 0 Å². The quantitative estimate of drug-likeness (QED) is 0.471. The van der Waals surface area contributed by atoms with E-state index in [1.54, 1.807) is 24.3 Å². The maximum absolute atomic E-state index is 14.4. The molecule has 0 aliphatic rings. The van der Waals surface area contributed by atoms with E-state index in [4.69, 9.17) is 4.74 Å². The first kappa shape index (κ1) is 21.2. The van der Waals surface area contributed by atoms with Crippen molar-refractivity contribution in [1.29, 1.82) is 0 Å². The van der Waals surface area contributed by atoms with Crippen molar-refractivity contribution in [2.75, 3.05) is 0 Å². The Morgan fingerprint density at radius 3 is 2.40 bits per heavy atom. The standard InChI is InChI=1S/C22H14BrF2NO4/c23-16-6-1-2-7-19(16)30-20-9-8-13(10-17(20)25)11-18(22(28)29)26-21(27)14-4-3-5-15(24)12-14/h1-12H,(H,26,27)(H,28,29). The Morgan fingerprint density at radius 1 is 0.967 bits per heavy atom. The van der Waals surface area contributed by atoms with Crippen LogP contribution in [0.4, 0.5) is 8.78 Å². The van der Waals surface area contributed by atoms with E-state index in [1.807, 2.05) is 0 Å². The first-order valence-corrected chi connectivity index (χ1v) is 9.36. The molecule has 0 radical (unpaired) electrons. The largest absolute Gasteiger partial charge is 0.477 e. The Labute approximate surface area is 178 Å². The van der Waals surface area contributed by atoms with Crippen molar-refractivity contribution in [3.63, 3.8) is 0 Å². The molecule has 0 bridgehead atoms. The summed E-state index contributed by atoms with van der Waals surface area (Å²) in [7, 11) is 0. The van der Waals surface area contributed by atoms with Gasteiger partial charge in [0.2, 0.25) is 0 Å². The average molecular weight is 474 g/mol. The SMILES string of the molecule is O=C(O)C(=Cc1ccc(Oc2ccccc2Br)c(F)c1)NC(=O)c1cccc(F)c1. The molecule has 0 aliphatic heterocycles. The molecule has 0 heterocycles. The van der Waals surface area contributed by atoms with Crippen LogP contribution in [0.25, 0.3) is 6.08 Å². The second-order valence-electron chi connectivity index (χ2n) is 6.05. The van der Waals surface area contributed by atoms with Gasteiger partial charge in [-0.15, -0.1) is 0 Å². The number of rotatable bonds is 6. The minimum Gasteiger partial charge on any atom is -0.477 e. The molecule has 0 aliphatic carbocycles. The predicted molar refractivity (Wildman–Crippen MR) is 110 cm³/mol. The number of amides is 1. The molecule has 8 heteroatoms. The molecule has 0 saturated carbocycles. The Morgan fingerprint density at radius 2 is 1.73 bits per heavy atom. The number of carbonyl (C=O) groups is 2. The van der Waals surface area contributed by atoms with E-state index in [2.05, 4.69) is 21.2 Å². The fraction of sp³-hybridized carbons (Fsp3) is 0. The molecular formula is C22H14BrF2NO4. The summed E-state index contributed by atoms with van der Waals surface area (Å²) in [6.07, 6.45) is 1.09. The number of hydrogen-bond donors (Lipinski definition) is 2. The molecule has 3 aromatic rings. The van der Waals surface area contributed by atoms with Crippen LogP contribution in [-0.4, -0.2) is 17.0 Å². The van der Waals surface area contributed by atoms with E-state index in [0.717, 1.165) is 24.3 Å². The second-order valence-corrected chi connectivity index (χ2v) is 6.90. The van der Waals surface area contributed by atoms with Gasteiger partial charge >= 0.3 is 5.97 Å². The third-order valence-electron chi connectivity index (χ3n) is 3.89. The van der Waals surface area contributed by atoms with Crippen LogP contribution in [0.5, 0.6) is 11.5 Å². The fourth-order valence-corrected chi connectivity index (χ4v) is 2.84. The van der Waals surface area contributed by atoms with Gasteiger partial charge < -0.3 is 15.2 Å². The first-order valence-electron chi connectivity index (χ1n) is 8.57. The maximum atomic E-state index is 14.4. The molecule has 0 unspecified atom stereocenters. The summed E-state index contributed by atoms with van der Waals surface area (Å²) in [5, 5.41) is 11.5. The van der Waals surface area contributed by atoms with Crippen molar-refractivity contribution >= 4 is 33.9 Å². The van der Waals surface area contributed by atoms with Crippen LogP contribution < -0.4 is 10.1 Å². The molecule has 5 nitrogen and oxygen atoms in total. The summed E-state index contributed by atoms with van der Waals surface area (Å²) in [6, 6.07) is 15.6. The van der Waals surface area contributed by atoms with Gasteiger partial charge in [0.25, 0.3) is 5.91 Å². The van der Waals surface area contributed by atoms with Crippen LogP contribution in [0, 0.1) is 11.6 Å². The number of para-hydroxylation sites is 1. The zero-order valence-electron chi connectivity index (χ0n) is 15.2. The van der Waals surface area contributed by atoms with Gasteiger partial charge in [0.05, 0.1) is 4.47 Å². The third kappa shape index (κ3) is 5.30. The number of nitrogens with one attached hydrogen (secondary N) is 1. The molecule has 0 spiro atoms. The molecular weight excluding hydrogens is 460 g/mol. The summed E-state index contributed by atoms with van der Waals surface area (Å²) in [4.78, 5) is 23.7. The molecule has 0 aromatic heterocycles. The minimum atomic E-state index is -1.44. The van der Waals surface area contributed by atoms with E-state index in [9.17, 15) is 23.5 Å². The van der Waals surface area contributed by atoms with Gasteiger partial charge in [0.1, 0.15) is 17.3 Å². The smallest absolute Gasteiger partial charge is 0.352 e. The lowest BCUT2D eigenvalue weighted by Crippen LogP contribution is -2.27. The first-order chi connectivity index (χ1) is 14.3. The van der Waals surface area contributed by atoms with Crippen molar-refractivity contribution in [3.8, 4) is 11.5 Å². The summed E-state index contributed by atoms with van der Waals surface area (Å²) in [5.74, 6) is -3.24. The normalized spacial score (nSPS) is 11.1. The Hall–Kier alpha value is -3.52. The minimum absolute atomic E-state index is 0.0504. The number of halogens is 3.